The van der Waals surface area contributed by atoms with Crippen LogP contribution in [0.15, 0.2) is 36.4 Å². The number of aldehydes is 1. The number of carbonyl (C=O) groups excluding carboxylic acids is 1. The first kappa shape index (κ1) is 12.1. The monoisotopic (exact) mass is 268 g/mol. The van der Waals surface area contributed by atoms with Crippen LogP contribution in [0.1, 0.15) is 10.4 Å². The topological polar surface area (TPSA) is 17.1 Å². The normalized spacial score (nSPS) is 10.3. The van der Waals surface area contributed by atoms with Crippen molar-refractivity contribution in [2.75, 3.05) is 0 Å². The molecule has 0 saturated carbocycles. The van der Waals surface area contributed by atoms with Crippen LogP contribution in [0.4, 0.5) is 4.39 Å². The molecule has 2 rings (SSSR count). The Kier molecular flexibility index (Phi) is 3.46. The van der Waals surface area contributed by atoms with E-state index in [1.807, 2.05) is 0 Å². The summed E-state index contributed by atoms with van der Waals surface area (Å²) in [6, 6.07) is 9.12. The second-order valence-corrected chi connectivity index (χ2v) is 4.28. The van der Waals surface area contributed by atoms with Gasteiger partial charge in [0.15, 0.2) is 0 Å². The van der Waals surface area contributed by atoms with Gasteiger partial charge in [-0.1, -0.05) is 35.3 Å². The van der Waals surface area contributed by atoms with Crippen LogP contribution in [0.2, 0.25) is 10.0 Å². The standard InChI is InChI=1S/C13H7Cl2FO/c14-12-3-1-2-11(13(12)15)9-4-8(7-17)5-10(16)6-9/h1-7H. The van der Waals surface area contributed by atoms with Crippen LogP contribution in [0.3, 0.4) is 0 Å². The van der Waals surface area contributed by atoms with E-state index in [0.717, 1.165) is 6.07 Å². The molecular formula is C13H7Cl2FO. The van der Waals surface area contributed by atoms with Crippen molar-refractivity contribution in [1.29, 1.82) is 0 Å². The van der Waals surface area contributed by atoms with E-state index in [2.05, 4.69) is 0 Å². The minimum absolute atomic E-state index is 0.260. The highest BCUT2D eigenvalue weighted by Gasteiger charge is 2.08. The van der Waals surface area contributed by atoms with Gasteiger partial charge in [0, 0.05) is 11.1 Å². The molecule has 0 N–H and O–H groups in total. The van der Waals surface area contributed by atoms with Gasteiger partial charge < -0.3 is 0 Å². The average Bonchev–Trinajstić information content (AvgIpc) is 2.31. The molecule has 0 spiro atoms. The molecule has 0 aliphatic rings. The van der Waals surface area contributed by atoms with Crippen LogP contribution in [-0.4, -0.2) is 6.29 Å². The molecule has 0 bridgehead atoms. The van der Waals surface area contributed by atoms with E-state index >= 15 is 0 Å². The molecular weight excluding hydrogens is 262 g/mol. The molecule has 0 unspecified atom stereocenters. The van der Waals surface area contributed by atoms with Gasteiger partial charge in [-0.25, -0.2) is 4.39 Å². The largest absolute Gasteiger partial charge is 0.298 e. The highest BCUT2D eigenvalue weighted by molar-refractivity contribution is 6.43. The maximum atomic E-state index is 13.3. The van der Waals surface area contributed by atoms with Gasteiger partial charge in [-0.2, -0.15) is 0 Å². The van der Waals surface area contributed by atoms with Gasteiger partial charge in [0.1, 0.15) is 12.1 Å². The fourth-order valence-electron chi connectivity index (χ4n) is 1.56. The summed E-state index contributed by atoms with van der Waals surface area (Å²) in [6.07, 6.45) is 0.588. The number of halogens is 3. The van der Waals surface area contributed by atoms with Gasteiger partial charge in [0.25, 0.3) is 0 Å². The molecule has 0 atom stereocenters. The molecule has 2 aromatic rings. The van der Waals surface area contributed by atoms with Crippen molar-refractivity contribution in [2.45, 2.75) is 0 Å². The van der Waals surface area contributed by atoms with E-state index in [1.165, 1.54) is 6.07 Å². The SMILES string of the molecule is O=Cc1cc(F)cc(-c2cccc(Cl)c2Cl)c1. The predicted octanol–water partition coefficient (Wildman–Crippen LogP) is 4.61. The summed E-state index contributed by atoms with van der Waals surface area (Å²) >= 11 is 11.9. The summed E-state index contributed by atoms with van der Waals surface area (Å²) in [5, 5.41) is 0.734. The van der Waals surface area contributed by atoms with Crippen LogP contribution in [0.25, 0.3) is 11.1 Å². The van der Waals surface area contributed by atoms with Crippen LogP contribution in [-0.2, 0) is 0 Å². The van der Waals surface area contributed by atoms with Crippen LogP contribution in [0.5, 0.6) is 0 Å². The molecule has 0 amide bonds. The Balaban J connectivity index is 2.64. The lowest BCUT2D eigenvalue weighted by molar-refractivity contribution is 0.112. The Labute approximate surface area is 108 Å². The van der Waals surface area contributed by atoms with Gasteiger partial charge in [0.05, 0.1) is 10.0 Å². The van der Waals surface area contributed by atoms with Crippen LogP contribution < -0.4 is 0 Å². The van der Waals surface area contributed by atoms with Crippen molar-refractivity contribution in [3.63, 3.8) is 0 Å². The molecule has 86 valence electrons. The Morgan fingerprint density at radius 1 is 1.12 bits per heavy atom. The zero-order chi connectivity index (χ0) is 12.4. The number of hydrogen-bond donors (Lipinski definition) is 0. The summed E-state index contributed by atoms with van der Waals surface area (Å²) in [5.74, 6) is -0.486. The second-order valence-electron chi connectivity index (χ2n) is 3.49. The number of rotatable bonds is 2. The van der Waals surface area contributed by atoms with Gasteiger partial charge in [0.2, 0.25) is 0 Å². The molecule has 0 heterocycles. The zero-order valence-electron chi connectivity index (χ0n) is 8.58. The number of benzene rings is 2. The first-order valence-electron chi connectivity index (χ1n) is 4.82. The Morgan fingerprint density at radius 3 is 2.59 bits per heavy atom. The van der Waals surface area contributed by atoms with Crippen molar-refractivity contribution in [3.8, 4) is 11.1 Å². The third-order valence-electron chi connectivity index (χ3n) is 2.32. The minimum atomic E-state index is -0.486. The van der Waals surface area contributed by atoms with E-state index in [1.54, 1.807) is 24.3 Å². The smallest absolute Gasteiger partial charge is 0.150 e. The van der Waals surface area contributed by atoms with E-state index in [9.17, 15) is 9.18 Å². The maximum Gasteiger partial charge on any atom is 0.150 e. The molecule has 4 heteroatoms. The third-order valence-corrected chi connectivity index (χ3v) is 3.14. The Morgan fingerprint density at radius 2 is 1.88 bits per heavy atom. The van der Waals surface area contributed by atoms with Crippen molar-refractivity contribution >= 4 is 29.5 Å². The highest BCUT2D eigenvalue weighted by atomic mass is 35.5. The second kappa shape index (κ2) is 4.86. The third kappa shape index (κ3) is 2.48. The molecule has 0 radical (unpaired) electrons. The average molecular weight is 269 g/mol. The van der Waals surface area contributed by atoms with Gasteiger partial charge >= 0.3 is 0 Å². The zero-order valence-corrected chi connectivity index (χ0v) is 10.1. The van der Waals surface area contributed by atoms with E-state index in [4.69, 9.17) is 23.2 Å². The Hall–Kier alpha value is -1.38. The molecule has 1 nitrogen and oxygen atoms in total. The van der Waals surface area contributed by atoms with Crippen molar-refractivity contribution in [2.24, 2.45) is 0 Å². The van der Waals surface area contributed by atoms with Crippen LogP contribution >= 0.6 is 23.2 Å². The fourth-order valence-corrected chi connectivity index (χ4v) is 1.97. The summed E-state index contributed by atoms with van der Waals surface area (Å²) in [4.78, 5) is 10.7. The molecule has 0 aliphatic carbocycles. The lowest BCUT2D eigenvalue weighted by Gasteiger charge is -2.06. The van der Waals surface area contributed by atoms with Crippen molar-refractivity contribution in [1.82, 2.24) is 0 Å². The summed E-state index contributed by atoms with van der Waals surface area (Å²) in [7, 11) is 0. The highest BCUT2D eigenvalue weighted by Crippen LogP contribution is 2.33. The lowest BCUT2D eigenvalue weighted by atomic mass is 10.0. The first-order valence-corrected chi connectivity index (χ1v) is 5.57. The van der Waals surface area contributed by atoms with E-state index in [-0.39, 0.29) is 5.56 Å². The summed E-state index contributed by atoms with van der Waals surface area (Å²) in [6.45, 7) is 0. The van der Waals surface area contributed by atoms with Gasteiger partial charge in [-0.3, -0.25) is 4.79 Å². The quantitative estimate of drug-likeness (QED) is 0.727. The molecule has 2 aromatic carbocycles. The predicted molar refractivity (Wildman–Crippen MR) is 67.2 cm³/mol. The summed E-state index contributed by atoms with van der Waals surface area (Å²) < 4.78 is 13.3. The van der Waals surface area contributed by atoms with Crippen LogP contribution in [0, 0.1) is 5.82 Å². The Bertz CT molecular complexity index is 582. The van der Waals surface area contributed by atoms with Crippen molar-refractivity contribution in [3.05, 3.63) is 57.8 Å². The molecule has 0 aromatic heterocycles. The van der Waals surface area contributed by atoms with Crippen molar-refractivity contribution < 1.29 is 9.18 Å². The fraction of sp³-hybridized carbons (Fsp3) is 0. The molecule has 0 aliphatic heterocycles. The lowest BCUT2D eigenvalue weighted by Crippen LogP contribution is -1.87. The van der Waals surface area contributed by atoms with Gasteiger partial charge in [-0.15, -0.1) is 0 Å². The van der Waals surface area contributed by atoms with E-state index in [0.29, 0.717) is 27.5 Å². The molecule has 0 saturated heterocycles. The summed E-state index contributed by atoms with van der Waals surface area (Å²) in [5.41, 5.74) is 1.39. The number of carbonyl (C=O) groups is 1. The first-order chi connectivity index (χ1) is 8.11. The molecule has 0 fully saturated rings. The number of hydrogen-bond acceptors (Lipinski definition) is 1. The maximum absolute atomic E-state index is 13.3. The van der Waals surface area contributed by atoms with Gasteiger partial charge in [-0.05, 0) is 29.8 Å². The molecule has 17 heavy (non-hydrogen) atoms. The van der Waals surface area contributed by atoms with E-state index < -0.39 is 5.82 Å². The minimum Gasteiger partial charge on any atom is -0.298 e.